The number of anilines is 1. The molecule has 1 heterocycles. The molecular formula is C15H24N2S. The molecule has 0 unspecified atom stereocenters. The number of aryl methyl sites for hydroxylation is 2. The SMILES string of the molecule is Cc1ccc(N2CCN(CCCS)CC2)cc1C. The topological polar surface area (TPSA) is 6.48 Å². The van der Waals surface area contributed by atoms with Crippen molar-refractivity contribution in [2.45, 2.75) is 20.3 Å². The maximum atomic E-state index is 4.28. The van der Waals surface area contributed by atoms with Gasteiger partial charge in [0.25, 0.3) is 0 Å². The predicted molar refractivity (Wildman–Crippen MR) is 83.0 cm³/mol. The quantitative estimate of drug-likeness (QED) is 0.836. The Morgan fingerprint density at radius 2 is 1.78 bits per heavy atom. The van der Waals surface area contributed by atoms with E-state index in [-0.39, 0.29) is 0 Å². The summed E-state index contributed by atoms with van der Waals surface area (Å²) >= 11 is 4.28. The molecule has 0 radical (unpaired) electrons. The molecule has 1 fully saturated rings. The van der Waals surface area contributed by atoms with Crippen LogP contribution in [0.2, 0.25) is 0 Å². The molecule has 1 aromatic rings. The van der Waals surface area contributed by atoms with Crippen LogP contribution < -0.4 is 4.90 Å². The molecule has 0 bridgehead atoms. The minimum atomic E-state index is 0.997. The second-order valence-corrected chi connectivity index (χ2v) is 5.62. The number of piperazine rings is 1. The number of thiol groups is 1. The molecule has 0 saturated carbocycles. The van der Waals surface area contributed by atoms with E-state index in [1.165, 1.54) is 42.9 Å². The van der Waals surface area contributed by atoms with Crippen LogP contribution in [0.1, 0.15) is 17.5 Å². The average Bonchev–Trinajstić information content (AvgIpc) is 2.40. The van der Waals surface area contributed by atoms with Crippen LogP contribution in [0.4, 0.5) is 5.69 Å². The van der Waals surface area contributed by atoms with Crippen LogP contribution in [0.25, 0.3) is 0 Å². The first-order valence-electron chi connectivity index (χ1n) is 6.86. The lowest BCUT2D eigenvalue weighted by Gasteiger charge is -2.36. The Balaban J connectivity index is 1.90. The summed E-state index contributed by atoms with van der Waals surface area (Å²) in [5, 5.41) is 0. The van der Waals surface area contributed by atoms with E-state index in [9.17, 15) is 0 Å². The summed E-state index contributed by atoms with van der Waals surface area (Å²) in [4.78, 5) is 5.05. The van der Waals surface area contributed by atoms with Gasteiger partial charge in [0.05, 0.1) is 0 Å². The van der Waals surface area contributed by atoms with Crippen molar-refractivity contribution in [3.63, 3.8) is 0 Å². The van der Waals surface area contributed by atoms with E-state index in [4.69, 9.17) is 0 Å². The number of hydrogen-bond donors (Lipinski definition) is 1. The summed E-state index contributed by atoms with van der Waals surface area (Å²) in [6, 6.07) is 6.81. The van der Waals surface area contributed by atoms with Gasteiger partial charge in [0, 0.05) is 31.9 Å². The van der Waals surface area contributed by atoms with Crippen molar-refractivity contribution in [2.24, 2.45) is 0 Å². The summed E-state index contributed by atoms with van der Waals surface area (Å²) in [6.07, 6.45) is 1.20. The fraction of sp³-hybridized carbons (Fsp3) is 0.600. The van der Waals surface area contributed by atoms with Gasteiger partial charge in [0.1, 0.15) is 0 Å². The summed E-state index contributed by atoms with van der Waals surface area (Å²) in [5.41, 5.74) is 4.16. The molecule has 3 heteroatoms. The van der Waals surface area contributed by atoms with Crippen LogP contribution in [0.3, 0.4) is 0 Å². The number of hydrogen-bond acceptors (Lipinski definition) is 3. The van der Waals surface area contributed by atoms with E-state index < -0.39 is 0 Å². The molecule has 100 valence electrons. The van der Waals surface area contributed by atoms with Crippen LogP contribution in [0.15, 0.2) is 18.2 Å². The highest BCUT2D eigenvalue weighted by Crippen LogP contribution is 2.20. The molecule has 1 aliphatic heterocycles. The van der Waals surface area contributed by atoms with Gasteiger partial charge in [-0.15, -0.1) is 0 Å². The van der Waals surface area contributed by atoms with Gasteiger partial charge in [-0.25, -0.2) is 0 Å². The van der Waals surface area contributed by atoms with Crippen molar-refractivity contribution >= 4 is 18.3 Å². The third kappa shape index (κ3) is 3.42. The van der Waals surface area contributed by atoms with E-state index in [0.29, 0.717) is 0 Å². The van der Waals surface area contributed by atoms with Crippen molar-refractivity contribution in [1.82, 2.24) is 4.90 Å². The molecule has 0 atom stereocenters. The summed E-state index contributed by atoms with van der Waals surface area (Å²) in [7, 11) is 0. The zero-order valence-electron chi connectivity index (χ0n) is 11.5. The second-order valence-electron chi connectivity index (χ2n) is 5.17. The molecule has 18 heavy (non-hydrogen) atoms. The fourth-order valence-corrected chi connectivity index (χ4v) is 2.59. The predicted octanol–water partition coefficient (Wildman–Crippen LogP) is 2.75. The standard InChI is InChI=1S/C15H24N2S/c1-13-4-5-15(12-14(13)2)17-9-7-16(8-10-17)6-3-11-18/h4-5,12,18H,3,6-11H2,1-2H3. The minimum Gasteiger partial charge on any atom is -0.369 e. The van der Waals surface area contributed by atoms with Gasteiger partial charge in [0.2, 0.25) is 0 Å². The highest BCUT2D eigenvalue weighted by molar-refractivity contribution is 7.80. The lowest BCUT2D eigenvalue weighted by atomic mass is 10.1. The van der Waals surface area contributed by atoms with Gasteiger partial charge < -0.3 is 4.90 Å². The van der Waals surface area contributed by atoms with E-state index in [1.54, 1.807) is 0 Å². The van der Waals surface area contributed by atoms with Crippen LogP contribution in [-0.4, -0.2) is 43.4 Å². The molecular weight excluding hydrogens is 240 g/mol. The van der Waals surface area contributed by atoms with Gasteiger partial charge in [-0.05, 0) is 55.8 Å². The van der Waals surface area contributed by atoms with E-state index in [1.807, 2.05) is 0 Å². The number of nitrogens with zero attached hydrogens (tertiary/aromatic N) is 2. The molecule has 0 spiro atoms. The highest BCUT2D eigenvalue weighted by atomic mass is 32.1. The second kappa shape index (κ2) is 6.48. The molecule has 0 N–H and O–H groups in total. The first kappa shape index (κ1) is 13.8. The maximum absolute atomic E-state index is 4.28. The summed E-state index contributed by atoms with van der Waals surface area (Å²) in [6.45, 7) is 10.2. The van der Waals surface area contributed by atoms with Gasteiger partial charge in [-0.1, -0.05) is 6.07 Å². The fourth-order valence-electron chi connectivity index (χ4n) is 2.45. The zero-order chi connectivity index (χ0) is 13.0. The van der Waals surface area contributed by atoms with Crippen molar-refractivity contribution in [2.75, 3.05) is 43.4 Å². The van der Waals surface area contributed by atoms with E-state index in [2.05, 4.69) is 54.5 Å². The molecule has 0 amide bonds. The van der Waals surface area contributed by atoms with Crippen molar-refractivity contribution in [3.8, 4) is 0 Å². The smallest absolute Gasteiger partial charge is 0.0369 e. The van der Waals surface area contributed by atoms with Crippen molar-refractivity contribution < 1.29 is 0 Å². The van der Waals surface area contributed by atoms with Crippen LogP contribution >= 0.6 is 12.6 Å². The summed E-state index contributed by atoms with van der Waals surface area (Å²) in [5.74, 6) is 0.997. The Bertz CT molecular complexity index is 384. The average molecular weight is 264 g/mol. The van der Waals surface area contributed by atoms with Gasteiger partial charge >= 0.3 is 0 Å². The first-order valence-corrected chi connectivity index (χ1v) is 7.49. The molecule has 1 aliphatic rings. The monoisotopic (exact) mass is 264 g/mol. The van der Waals surface area contributed by atoms with Gasteiger partial charge in [0.15, 0.2) is 0 Å². The molecule has 2 nitrogen and oxygen atoms in total. The minimum absolute atomic E-state index is 0.997. The first-order chi connectivity index (χ1) is 8.70. The normalized spacial score (nSPS) is 17.2. The van der Waals surface area contributed by atoms with Crippen LogP contribution in [0.5, 0.6) is 0 Å². The van der Waals surface area contributed by atoms with Crippen molar-refractivity contribution in [3.05, 3.63) is 29.3 Å². The summed E-state index contributed by atoms with van der Waals surface area (Å²) < 4.78 is 0. The largest absolute Gasteiger partial charge is 0.369 e. The Labute approximate surface area is 116 Å². The Hall–Kier alpha value is -0.670. The third-order valence-electron chi connectivity index (χ3n) is 3.86. The Kier molecular flexibility index (Phi) is 4.95. The Morgan fingerprint density at radius 3 is 2.39 bits per heavy atom. The van der Waals surface area contributed by atoms with Gasteiger partial charge in [-0.2, -0.15) is 12.6 Å². The maximum Gasteiger partial charge on any atom is 0.0369 e. The number of benzene rings is 1. The number of rotatable bonds is 4. The molecule has 2 rings (SSSR count). The molecule has 1 saturated heterocycles. The lowest BCUT2D eigenvalue weighted by Crippen LogP contribution is -2.46. The lowest BCUT2D eigenvalue weighted by molar-refractivity contribution is 0.259. The highest BCUT2D eigenvalue weighted by Gasteiger charge is 2.16. The zero-order valence-corrected chi connectivity index (χ0v) is 12.4. The Morgan fingerprint density at radius 1 is 1.06 bits per heavy atom. The van der Waals surface area contributed by atoms with Gasteiger partial charge in [-0.3, -0.25) is 4.90 Å². The molecule has 1 aromatic carbocycles. The molecule has 0 aliphatic carbocycles. The van der Waals surface area contributed by atoms with Crippen LogP contribution in [-0.2, 0) is 0 Å². The van der Waals surface area contributed by atoms with Crippen LogP contribution in [0, 0.1) is 13.8 Å². The van der Waals surface area contributed by atoms with Crippen molar-refractivity contribution in [1.29, 1.82) is 0 Å². The van der Waals surface area contributed by atoms with E-state index in [0.717, 1.165) is 18.8 Å². The van der Waals surface area contributed by atoms with E-state index >= 15 is 0 Å². The third-order valence-corrected chi connectivity index (χ3v) is 4.18. The molecule has 0 aromatic heterocycles.